The number of amides is 1. The summed E-state index contributed by atoms with van der Waals surface area (Å²) in [6.07, 6.45) is 5.97. The summed E-state index contributed by atoms with van der Waals surface area (Å²) < 4.78 is 0. The van der Waals surface area contributed by atoms with Crippen LogP contribution in [0.4, 0.5) is 5.69 Å². The first-order valence-corrected chi connectivity index (χ1v) is 8.88. The summed E-state index contributed by atoms with van der Waals surface area (Å²) in [6, 6.07) is 10.4. The third-order valence-corrected chi connectivity index (χ3v) is 5.13. The molecule has 132 valence electrons. The zero-order chi connectivity index (χ0) is 17.8. The van der Waals surface area contributed by atoms with Crippen LogP contribution in [0.1, 0.15) is 32.6 Å². The fourth-order valence-corrected chi connectivity index (χ4v) is 3.45. The minimum Gasteiger partial charge on any atom is -0.329 e. The number of anilines is 1. The van der Waals surface area contributed by atoms with Crippen molar-refractivity contribution < 1.29 is 4.79 Å². The van der Waals surface area contributed by atoms with Crippen LogP contribution in [0.3, 0.4) is 0 Å². The van der Waals surface area contributed by atoms with Crippen molar-refractivity contribution in [3.63, 3.8) is 0 Å². The van der Waals surface area contributed by atoms with Gasteiger partial charge in [0.1, 0.15) is 0 Å². The van der Waals surface area contributed by atoms with Gasteiger partial charge in [-0.25, -0.2) is 0 Å². The van der Waals surface area contributed by atoms with Crippen LogP contribution in [0.15, 0.2) is 47.4 Å². The van der Waals surface area contributed by atoms with E-state index >= 15 is 0 Å². The van der Waals surface area contributed by atoms with E-state index in [-0.39, 0.29) is 17.4 Å². The third kappa shape index (κ3) is 4.37. The Kier molecular flexibility index (Phi) is 5.34. The molecule has 1 aliphatic carbocycles. The number of aromatic amines is 1. The maximum absolute atomic E-state index is 12.4. The number of nitrogens with two attached hydrogens (primary N) is 1. The molecule has 2 aromatic rings. The molecule has 5 nitrogen and oxygen atoms in total. The molecular weight excluding hydrogens is 314 g/mol. The lowest BCUT2D eigenvalue weighted by Crippen LogP contribution is -2.43. The van der Waals surface area contributed by atoms with E-state index in [1.54, 1.807) is 12.3 Å². The topological polar surface area (TPSA) is 88.0 Å². The summed E-state index contributed by atoms with van der Waals surface area (Å²) in [5.41, 5.74) is 8.52. The Balaban J connectivity index is 1.63. The Morgan fingerprint density at radius 3 is 2.44 bits per heavy atom. The molecule has 4 N–H and O–H groups in total. The maximum Gasteiger partial charge on any atom is 0.248 e. The summed E-state index contributed by atoms with van der Waals surface area (Å²) in [5, 5.41) is 2.91. The van der Waals surface area contributed by atoms with Crippen LogP contribution >= 0.6 is 0 Å². The van der Waals surface area contributed by atoms with E-state index in [1.165, 1.54) is 0 Å². The van der Waals surface area contributed by atoms with Gasteiger partial charge in [0, 0.05) is 18.0 Å². The summed E-state index contributed by atoms with van der Waals surface area (Å²) in [4.78, 5) is 26.4. The Labute approximate surface area is 147 Å². The van der Waals surface area contributed by atoms with Crippen molar-refractivity contribution in [2.75, 3.05) is 5.32 Å². The Morgan fingerprint density at radius 1 is 1.12 bits per heavy atom. The van der Waals surface area contributed by atoms with E-state index < -0.39 is 6.04 Å². The number of hydrogen-bond donors (Lipinski definition) is 3. The molecule has 1 amide bonds. The SMILES string of the molecule is CC1CCC(C(N)C(=O)Nc2ccc(-c3cc[nH]c(=O)c3)cc2)CC1. The predicted octanol–water partition coefficient (Wildman–Crippen LogP) is 3.13. The van der Waals surface area contributed by atoms with Crippen molar-refractivity contribution in [2.45, 2.75) is 38.6 Å². The number of rotatable bonds is 4. The molecule has 1 aliphatic rings. The molecule has 0 aliphatic heterocycles. The van der Waals surface area contributed by atoms with Crippen LogP contribution in [0, 0.1) is 11.8 Å². The first kappa shape index (κ1) is 17.4. The van der Waals surface area contributed by atoms with Crippen LogP contribution < -0.4 is 16.6 Å². The largest absolute Gasteiger partial charge is 0.329 e. The van der Waals surface area contributed by atoms with Gasteiger partial charge >= 0.3 is 0 Å². The van der Waals surface area contributed by atoms with Gasteiger partial charge in [-0.2, -0.15) is 0 Å². The van der Waals surface area contributed by atoms with Crippen molar-refractivity contribution >= 4 is 11.6 Å². The van der Waals surface area contributed by atoms with Gasteiger partial charge in [-0.15, -0.1) is 0 Å². The summed E-state index contributed by atoms with van der Waals surface area (Å²) in [6.45, 7) is 2.25. The molecule has 0 spiro atoms. The lowest BCUT2D eigenvalue weighted by atomic mass is 9.79. The quantitative estimate of drug-likeness (QED) is 0.799. The molecule has 25 heavy (non-hydrogen) atoms. The molecule has 1 aromatic heterocycles. The van der Waals surface area contributed by atoms with Gasteiger partial charge in [0.25, 0.3) is 0 Å². The fourth-order valence-electron chi connectivity index (χ4n) is 3.45. The standard InChI is InChI=1S/C20H25N3O2/c1-13-2-4-15(5-3-13)19(21)20(25)23-17-8-6-14(7-9-17)16-10-11-22-18(24)12-16/h6-13,15,19H,2-5,21H2,1H3,(H,22,24)(H,23,25). The second-order valence-corrected chi connectivity index (χ2v) is 7.05. The van der Waals surface area contributed by atoms with Crippen LogP contribution in [-0.4, -0.2) is 16.9 Å². The van der Waals surface area contributed by atoms with E-state index in [0.29, 0.717) is 0 Å². The van der Waals surface area contributed by atoms with Crippen LogP contribution in [0.2, 0.25) is 0 Å². The first-order valence-electron chi connectivity index (χ1n) is 8.88. The second-order valence-electron chi connectivity index (χ2n) is 7.05. The van der Waals surface area contributed by atoms with E-state index in [1.807, 2.05) is 30.3 Å². The molecule has 1 saturated carbocycles. The molecule has 0 bridgehead atoms. The smallest absolute Gasteiger partial charge is 0.248 e. The molecule has 5 heteroatoms. The average molecular weight is 339 g/mol. The molecule has 1 atom stereocenters. The summed E-state index contributed by atoms with van der Waals surface area (Å²) in [7, 11) is 0. The predicted molar refractivity (Wildman–Crippen MR) is 100 cm³/mol. The van der Waals surface area contributed by atoms with Crippen LogP contribution in [0.25, 0.3) is 11.1 Å². The Hall–Kier alpha value is -2.40. The Bertz CT molecular complexity index is 774. The number of pyridine rings is 1. The maximum atomic E-state index is 12.4. The fraction of sp³-hybridized carbons (Fsp3) is 0.400. The van der Waals surface area contributed by atoms with Crippen molar-refractivity contribution in [3.05, 3.63) is 52.9 Å². The molecule has 1 fully saturated rings. The molecule has 3 rings (SSSR count). The van der Waals surface area contributed by atoms with Crippen molar-refractivity contribution in [3.8, 4) is 11.1 Å². The highest BCUT2D eigenvalue weighted by Gasteiger charge is 2.28. The molecule has 1 aromatic carbocycles. The van der Waals surface area contributed by atoms with E-state index in [2.05, 4.69) is 17.2 Å². The second kappa shape index (κ2) is 7.66. The summed E-state index contributed by atoms with van der Waals surface area (Å²) in [5.74, 6) is 0.888. The lowest BCUT2D eigenvalue weighted by molar-refractivity contribution is -0.118. The monoisotopic (exact) mass is 339 g/mol. The number of hydrogen-bond acceptors (Lipinski definition) is 3. The third-order valence-electron chi connectivity index (χ3n) is 5.13. The lowest BCUT2D eigenvalue weighted by Gasteiger charge is -2.29. The van der Waals surface area contributed by atoms with Gasteiger partial charge < -0.3 is 16.0 Å². The van der Waals surface area contributed by atoms with E-state index in [9.17, 15) is 9.59 Å². The normalized spacial score (nSPS) is 21.5. The molecular formula is C20H25N3O2. The van der Waals surface area contributed by atoms with Crippen LogP contribution in [0.5, 0.6) is 0 Å². The molecule has 1 heterocycles. The summed E-state index contributed by atoms with van der Waals surface area (Å²) >= 11 is 0. The number of H-pyrrole nitrogens is 1. The number of carbonyl (C=O) groups excluding carboxylic acids is 1. The van der Waals surface area contributed by atoms with Crippen molar-refractivity contribution in [1.82, 2.24) is 4.98 Å². The first-order chi connectivity index (χ1) is 12.0. The van der Waals surface area contributed by atoms with Gasteiger partial charge in [0.05, 0.1) is 6.04 Å². The van der Waals surface area contributed by atoms with Gasteiger partial charge in [0.15, 0.2) is 0 Å². The number of nitrogens with one attached hydrogen (secondary N) is 2. The number of aromatic nitrogens is 1. The zero-order valence-corrected chi connectivity index (χ0v) is 14.5. The van der Waals surface area contributed by atoms with E-state index in [4.69, 9.17) is 5.73 Å². The highest BCUT2D eigenvalue weighted by molar-refractivity contribution is 5.95. The molecule has 1 unspecified atom stereocenters. The number of carbonyl (C=O) groups is 1. The van der Waals surface area contributed by atoms with Crippen molar-refractivity contribution in [2.24, 2.45) is 17.6 Å². The molecule has 0 radical (unpaired) electrons. The zero-order valence-electron chi connectivity index (χ0n) is 14.5. The van der Waals surface area contributed by atoms with Crippen LogP contribution in [-0.2, 0) is 4.79 Å². The highest BCUT2D eigenvalue weighted by Crippen LogP contribution is 2.30. The minimum atomic E-state index is -0.458. The van der Waals surface area contributed by atoms with Gasteiger partial charge in [-0.05, 0) is 54.0 Å². The Morgan fingerprint density at radius 2 is 1.80 bits per heavy atom. The van der Waals surface area contributed by atoms with E-state index in [0.717, 1.165) is 48.4 Å². The van der Waals surface area contributed by atoms with Gasteiger partial charge in [-0.3, -0.25) is 9.59 Å². The average Bonchev–Trinajstić information content (AvgIpc) is 2.62. The highest BCUT2D eigenvalue weighted by atomic mass is 16.2. The van der Waals surface area contributed by atoms with Gasteiger partial charge in [0.2, 0.25) is 11.5 Å². The minimum absolute atomic E-state index is 0.122. The van der Waals surface area contributed by atoms with Gasteiger partial charge in [-0.1, -0.05) is 31.9 Å². The van der Waals surface area contributed by atoms with Crippen molar-refractivity contribution in [1.29, 1.82) is 0 Å². The molecule has 0 saturated heterocycles. The number of benzene rings is 1.